The minimum Gasteiger partial charge on any atom is -0.493 e. The zero-order valence-corrected chi connectivity index (χ0v) is 12.9. The first-order valence-corrected chi connectivity index (χ1v) is 7.33. The molecule has 0 aliphatic carbocycles. The highest BCUT2D eigenvalue weighted by Gasteiger charge is 2.29. The molecule has 0 fully saturated rings. The summed E-state index contributed by atoms with van der Waals surface area (Å²) >= 11 is 0. The van der Waals surface area contributed by atoms with Crippen molar-refractivity contribution in [3.05, 3.63) is 29.0 Å². The predicted octanol–water partition coefficient (Wildman–Crippen LogP) is 2.65. The Kier molecular flexibility index (Phi) is 3.85. The summed E-state index contributed by atoms with van der Waals surface area (Å²) in [4.78, 5) is 25.0. The monoisotopic (exact) mass is 319 g/mol. The number of aromatic carboxylic acids is 1. The lowest BCUT2D eigenvalue weighted by atomic mass is 10.0. The number of hydrogen-bond donors (Lipinski definition) is 1. The number of ether oxygens (including phenoxy) is 2. The van der Waals surface area contributed by atoms with Gasteiger partial charge in [0.15, 0.2) is 11.3 Å². The molecular weight excluding hydrogens is 302 g/mol. The molecule has 0 saturated carbocycles. The number of carbonyl (C=O) groups is 2. The molecule has 0 saturated heterocycles. The Morgan fingerprint density at radius 1 is 1.39 bits per heavy atom. The average molecular weight is 319 g/mol. The summed E-state index contributed by atoms with van der Waals surface area (Å²) < 4.78 is 16.1. The van der Waals surface area contributed by atoms with Gasteiger partial charge < -0.3 is 23.9 Å². The molecule has 1 aromatic heterocycles. The number of carboxylic acid groups (broad SMARTS) is 1. The quantitative estimate of drug-likeness (QED) is 0.935. The second-order valence-electron chi connectivity index (χ2n) is 5.20. The third-order valence-electron chi connectivity index (χ3n) is 3.92. The number of amides is 1. The normalized spacial score (nSPS) is 13.7. The van der Waals surface area contributed by atoms with Gasteiger partial charge in [0.25, 0.3) is 0 Å². The van der Waals surface area contributed by atoms with Crippen LogP contribution in [0.15, 0.2) is 16.5 Å². The summed E-state index contributed by atoms with van der Waals surface area (Å²) in [6, 6.07) is 3.06. The van der Waals surface area contributed by atoms with Crippen molar-refractivity contribution in [2.45, 2.75) is 19.9 Å². The van der Waals surface area contributed by atoms with E-state index in [9.17, 15) is 14.7 Å². The number of carbonyl (C=O) groups excluding carboxylic acids is 1. The molecule has 3 rings (SSSR count). The van der Waals surface area contributed by atoms with Gasteiger partial charge in [-0.3, -0.25) is 0 Å². The van der Waals surface area contributed by atoms with Crippen LogP contribution < -0.4 is 4.74 Å². The van der Waals surface area contributed by atoms with Crippen LogP contribution in [0.25, 0.3) is 11.0 Å². The fourth-order valence-corrected chi connectivity index (χ4v) is 2.87. The molecule has 0 bridgehead atoms. The maximum Gasteiger partial charge on any atom is 0.410 e. The molecule has 2 heterocycles. The van der Waals surface area contributed by atoms with E-state index in [1.165, 1.54) is 13.2 Å². The van der Waals surface area contributed by atoms with Crippen LogP contribution in [-0.2, 0) is 17.7 Å². The zero-order chi connectivity index (χ0) is 16.6. The van der Waals surface area contributed by atoms with E-state index in [1.54, 1.807) is 17.9 Å². The lowest BCUT2D eigenvalue weighted by Gasteiger charge is -2.25. The molecule has 0 spiro atoms. The SMILES string of the molecule is CCOC(=O)N1CCc2oc3c(OC)ccc(C(=O)O)c3c2C1. The van der Waals surface area contributed by atoms with E-state index in [1.807, 2.05) is 0 Å². The molecule has 1 aromatic carbocycles. The number of methoxy groups -OCH3 is 1. The van der Waals surface area contributed by atoms with Crippen molar-refractivity contribution in [3.63, 3.8) is 0 Å². The second kappa shape index (κ2) is 5.83. The number of nitrogens with zero attached hydrogens (tertiary/aromatic N) is 1. The first-order chi connectivity index (χ1) is 11.1. The molecule has 0 unspecified atom stereocenters. The van der Waals surface area contributed by atoms with Gasteiger partial charge in [-0.05, 0) is 19.1 Å². The van der Waals surface area contributed by atoms with E-state index in [4.69, 9.17) is 13.9 Å². The van der Waals surface area contributed by atoms with Crippen LogP contribution >= 0.6 is 0 Å². The Bertz CT molecular complexity index is 778. The van der Waals surface area contributed by atoms with Crippen LogP contribution in [0.4, 0.5) is 4.79 Å². The van der Waals surface area contributed by atoms with E-state index < -0.39 is 12.1 Å². The third-order valence-corrected chi connectivity index (χ3v) is 3.92. The van der Waals surface area contributed by atoms with Crippen molar-refractivity contribution in [1.29, 1.82) is 0 Å². The molecule has 7 nitrogen and oxygen atoms in total. The maximum atomic E-state index is 11.9. The Morgan fingerprint density at radius 3 is 2.83 bits per heavy atom. The number of carboxylic acids is 1. The van der Waals surface area contributed by atoms with Crippen LogP contribution in [-0.4, -0.2) is 42.3 Å². The average Bonchev–Trinajstić information content (AvgIpc) is 2.92. The maximum absolute atomic E-state index is 11.9. The first kappa shape index (κ1) is 15.2. The molecule has 7 heteroatoms. The highest BCUT2D eigenvalue weighted by Crippen LogP contribution is 2.38. The van der Waals surface area contributed by atoms with E-state index in [0.717, 1.165) is 0 Å². The standard InChI is InChI=1S/C16H17NO6/c1-3-22-16(20)17-7-6-11-10(8-17)13-9(15(18)19)4-5-12(21-2)14(13)23-11/h4-5H,3,6-8H2,1-2H3,(H,18,19). The van der Waals surface area contributed by atoms with Gasteiger partial charge in [-0.2, -0.15) is 0 Å². The Labute approximate surface area is 132 Å². The van der Waals surface area contributed by atoms with E-state index in [2.05, 4.69) is 0 Å². The van der Waals surface area contributed by atoms with Gasteiger partial charge >= 0.3 is 12.1 Å². The molecule has 1 aliphatic rings. The number of fused-ring (bicyclic) bond motifs is 3. The fraction of sp³-hybridized carbons (Fsp3) is 0.375. The Balaban J connectivity index is 2.13. The van der Waals surface area contributed by atoms with Crippen molar-refractivity contribution in [2.75, 3.05) is 20.3 Å². The highest BCUT2D eigenvalue weighted by molar-refractivity contribution is 6.06. The van der Waals surface area contributed by atoms with Crippen LogP contribution in [0.3, 0.4) is 0 Å². The molecular formula is C16H17NO6. The van der Waals surface area contributed by atoms with Crippen LogP contribution in [0.5, 0.6) is 5.75 Å². The van der Waals surface area contributed by atoms with E-state index >= 15 is 0 Å². The number of rotatable bonds is 3. The fourth-order valence-electron chi connectivity index (χ4n) is 2.87. The van der Waals surface area contributed by atoms with Crippen molar-refractivity contribution in [3.8, 4) is 5.75 Å². The van der Waals surface area contributed by atoms with Crippen LogP contribution in [0.2, 0.25) is 0 Å². The van der Waals surface area contributed by atoms with Crippen molar-refractivity contribution >= 4 is 23.0 Å². The number of furan rings is 1. The van der Waals surface area contributed by atoms with E-state index in [0.29, 0.717) is 47.6 Å². The molecule has 122 valence electrons. The second-order valence-corrected chi connectivity index (χ2v) is 5.20. The van der Waals surface area contributed by atoms with Crippen LogP contribution in [0, 0.1) is 0 Å². The largest absolute Gasteiger partial charge is 0.493 e. The molecule has 1 aliphatic heterocycles. The van der Waals surface area contributed by atoms with Crippen LogP contribution in [0.1, 0.15) is 28.6 Å². The lowest BCUT2D eigenvalue weighted by molar-refractivity contribution is 0.0699. The summed E-state index contributed by atoms with van der Waals surface area (Å²) in [5.41, 5.74) is 1.25. The molecule has 0 atom stereocenters. The molecule has 23 heavy (non-hydrogen) atoms. The number of benzene rings is 1. The van der Waals surface area contributed by atoms with Gasteiger partial charge in [0, 0.05) is 23.9 Å². The Morgan fingerprint density at radius 2 is 2.17 bits per heavy atom. The topological polar surface area (TPSA) is 89.2 Å². The first-order valence-electron chi connectivity index (χ1n) is 7.33. The molecule has 0 radical (unpaired) electrons. The summed E-state index contributed by atoms with van der Waals surface area (Å²) in [6.45, 7) is 2.77. The van der Waals surface area contributed by atoms with Gasteiger partial charge in [-0.15, -0.1) is 0 Å². The van der Waals surface area contributed by atoms with E-state index in [-0.39, 0.29) is 12.1 Å². The summed E-state index contributed by atoms with van der Waals surface area (Å²) in [5.74, 6) is 0.115. The van der Waals surface area contributed by atoms with Gasteiger partial charge in [0.1, 0.15) is 5.76 Å². The summed E-state index contributed by atoms with van der Waals surface area (Å²) in [7, 11) is 1.50. The molecule has 1 N–H and O–H groups in total. The van der Waals surface area contributed by atoms with Crippen molar-refractivity contribution in [1.82, 2.24) is 4.90 Å². The van der Waals surface area contributed by atoms with Gasteiger partial charge in [-0.1, -0.05) is 0 Å². The van der Waals surface area contributed by atoms with Crippen molar-refractivity contribution < 1.29 is 28.6 Å². The Hall–Kier alpha value is -2.70. The zero-order valence-electron chi connectivity index (χ0n) is 12.9. The predicted molar refractivity (Wildman–Crippen MR) is 80.9 cm³/mol. The van der Waals surface area contributed by atoms with Gasteiger partial charge in [0.05, 0.1) is 25.8 Å². The number of hydrogen-bond acceptors (Lipinski definition) is 5. The van der Waals surface area contributed by atoms with Gasteiger partial charge in [-0.25, -0.2) is 9.59 Å². The van der Waals surface area contributed by atoms with Crippen molar-refractivity contribution in [2.24, 2.45) is 0 Å². The third kappa shape index (κ3) is 2.48. The molecule has 1 amide bonds. The summed E-state index contributed by atoms with van der Waals surface area (Å²) in [5, 5.41) is 9.92. The lowest BCUT2D eigenvalue weighted by Crippen LogP contribution is -2.36. The minimum absolute atomic E-state index is 0.136. The molecule has 2 aromatic rings. The minimum atomic E-state index is -1.05. The van der Waals surface area contributed by atoms with Gasteiger partial charge in [0.2, 0.25) is 0 Å². The summed E-state index contributed by atoms with van der Waals surface area (Å²) in [6.07, 6.45) is 0.0951. The smallest absolute Gasteiger partial charge is 0.410 e. The highest BCUT2D eigenvalue weighted by atomic mass is 16.6.